The van der Waals surface area contributed by atoms with E-state index in [0.717, 1.165) is 12.0 Å². The molecular weight excluding hydrogens is 372 g/mol. The zero-order valence-corrected chi connectivity index (χ0v) is 17.2. The zero-order valence-electron chi connectivity index (χ0n) is 17.2. The normalized spacial score (nSPS) is 48.8. The molecular formula is C23H30O6. The van der Waals surface area contributed by atoms with Gasteiger partial charge in [0.2, 0.25) is 0 Å². The topological polar surface area (TPSA) is 112 Å². The van der Waals surface area contributed by atoms with Crippen LogP contribution >= 0.6 is 0 Å². The molecule has 0 amide bonds. The standard InChI is InChI=1S/C23H30O6/c1-12-6-14-15-4-5-23(29,19(28)11-25)22(15,3)9-18(27)20(14)21(2)8-13(10-24)17(26)7-16(12)21/h7-8,10,12,14-15,18,20,25,27,29H,4-6,9,11H2,1-3H3/t12-,14-,15-,18?,20+,21-,22-,23-/m0/s1. The minimum absolute atomic E-state index is 0.0166. The Hall–Kier alpha value is -1.63. The van der Waals surface area contributed by atoms with Gasteiger partial charge in [-0.25, -0.2) is 0 Å². The molecule has 8 atom stereocenters. The van der Waals surface area contributed by atoms with Crippen molar-refractivity contribution in [2.75, 3.05) is 6.61 Å². The van der Waals surface area contributed by atoms with E-state index in [0.29, 0.717) is 12.7 Å². The predicted molar refractivity (Wildman–Crippen MR) is 105 cm³/mol. The van der Waals surface area contributed by atoms with Crippen molar-refractivity contribution in [2.45, 2.75) is 58.2 Å². The van der Waals surface area contributed by atoms with Crippen LogP contribution in [0.5, 0.6) is 0 Å². The number of ketones is 2. The van der Waals surface area contributed by atoms with Crippen molar-refractivity contribution in [2.24, 2.45) is 34.5 Å². The van der Waals surface area contributed by atoms with Crippen LogP contribution < -0.4 is 0 Å². The summed E-state index contributed by atoms with van der Waals surface area (Å²) in [6.07, 6.45) is 5.03. The van der Waals surface area contributed by atoms with Gasteiger partial charge in [-0.2, -0.15) is 0 Å². The van der Waals surface area contributed by atoms with E-state index in [4.69, 9.17) is 0 Å². The van der Waals surface area contributed by atoms with E-state index in [1.54, 1.807) is 12.2 Å². The number of hydrogen-bond donors (Lipinski definition) is 3. The summed E-state index contributed by atoms with van der Waals surface area (Å²) in [4.78, 5) is 36.2. The number of aliphatic hydroxyl groups excluding tert-OH is 2. The summed E-state index contributed by atoms with van der Waals surface area (Å²) >= 11 is 0. The van der Waals surface area contributed by atoms with E-state index >= 15 is 0 Å². The van der Waals surface area contributed by atoms with Gasteiger partial charge in [0.15, 0.2) is 17.9 Å². The van der Waals surface area contributed by atoms with Crippen LogP contribution in [0.2, 0.25) is 0 Å². The van der Waals surface area contributed by atoms with Gasteiger partial charge >= 0.3 is 0 Å². The number of fused-ring (bicyclic) bond motifs is 5. The molecule has 4 aliphatic carbocycles. The Kier molecular flexibility index (Phi) is 4.58. The first-order valence-electron chi connectivity index (χ1n) is 10.5. The van der Waals surface area contributed by atoms with Gasteiger partial charge in [-0.05, 0) is 49.5 Å². The number of hydrogen-bond acceptors (Lipinski definition) is 6. The van der Waals surface area contributed by atoms with Crippen LogP contribution in [0.3, 0.4) is 0 Å². The lowest BCUT2D eigenvalue weighted by atomic mass is 9.44. The van der Waals surface area contributed by atoms with Crippen molar-refractivity contribution >= 4 is 17.9 Å². The van der Waals surface area contributed by atoms with E-state index in [1.165, 1.54) is 0 Å². The van der Waals surface area contributed by atoms with E-state index in [1.807, 2.05) is 13.8 Å². The minimum Gasteiger partial charge on any atom is -0.393 e. The summed E-state index contributed by atoms with van der Waals surface area (Å²) < 4.78 is 0. The van der Waals surface area contributed by atoms with Crippen molar-refractivity contribution < 1.29 is 29.7 Å². The third-order valence-electron chi connectivity index (χ3n) is 8.84. The first kappa shape index (κ1) is 20.6. The van der Waals surface area contributed by atoms with Crippen molar-refractivity contribution in [3.63, 3.8) is 0 Å². The molecule has 0 aromatic carbocycles. The van der Waals surface area contributed by atoms with Crippen LogP contribution in [-0.4, -0.2) is 51.5 Å². The van der Waals surface area contributed by atoms with Gasteiger partial charge in [0.05, 0.1) is 11.7 Å². The molecule has 0 radical (unpaired) electrons. The van der Waals surface area contributed by atoms with Crippen LogP contribution in [0.25, 0.3) is 0 Å². The maximum atomic E-state index is 12.5. The fourth-order valence-corrected chi connectivity index (χ4v) is 7.57. The molecule has 6 nitrogen and oxygen atoms in total. The Morgan fingerprint density at radius 3 is 2.66 bits per heavy atom. The molecule has 0 heterocycles. The summed E-state index contributed by atoms with van der Waals surface area (Å²) in [5, 5.41) is 32.0. The zero-order chi connectivity index (χ0) is 21.4. The van der Waals surface area contributed by atoms with Gasteiger partial charge in [0.1, 0.15) is 12.2 Å². The highest BCUT2D eigenvalue weighted by atomic mass is 16.3. The Morgan fingerprint density at radius 1 is 1.34 bits per heavy atom. The molecule has 6 heteroatoms. The second-order valence-electron chi connectivity index (χ2n) is 10.1. The molecule has 0 aromatic rings. The molecule has 0 bridgehead atoms. The molecule has 4 rings (SSSR count). The Labute approximate surface area is 170 Å². The van der Waals surface area contributed by atoms with E-state index in [-0.39, 0.29) is 47.9 Å². The maximum Gasteiger partial charge on any atom is 0.190 e. The Morgan fingerprint density at radius 2 is 2.03 bits per heavy atom. The average Bonchev–Trinajstić information content (AvgIpc) is 2.93. The van der Waals surface area contributed by atoms with Crippen LogP contribution in [0, 0.1) is 34.5 Å². The van der Waals surface area contributed by atoms with Crippen molar-refractivity contribution in [1.82, 2.24) is 0 Å². The van der Waals surface area contributed by atoms with E-state index in [9.17, 15) is 29.7 Å². The van der Waals surface area contributed by atoms with Crippen molar-refractivity contribution in [3.8, 4) is 0 Å². The number of aldehydes is 1. The fraction of sp³-hybridized carbons (Fsp3) is 0.696. The quantitative estimate of drug-likeness (QED) is 0.486. The third kappa shape index (κ3) is 2.49. The smallest absolute Gasteiger partial charge is 0.190 e. The Balaban J connectivity index is 1.81. The average molecular weight is 402 g/mol. The monoisotopic (exact) mass is 402 g/mol. The van der Waals surface area contributed by atoms with Crippen molar-refractivity contribution in [3.05, 3.63) is 23.3 Å². The second kappa shape index (κ2) is 6.43. The largest absolute Gasteiger partial charge is 0.393 e. The van der Waals surface area contributed by atoms with Gasteiger partial charge < -0.3 is 15.3 Å². The third-order valence-corrected chi connectivity index (χ3v) is 8.84. The van der Waals surface area contributed by atoms with E-state index in [2.05, 4.69) is 6.92 Å². The highest BCUT2D eigenvalue weighted by Crippen LogP contribution is 2.67. The summed E-state index contributed by atoms with van der Waals surface area (Å²) in [5.41, 5.74) is -1.98. The van der Waals surface area contributed by atoms with E-state index < -0.39 is 34.9 Å². The molecule has 158 valence electrons. The lowest BCUT2D eigenvalue weighted by Crippen LogP contribution is -2.62. The van der Waals surface area contributed by atoms with Crippen LogP contribution in [0.4, 0.5) is 0 Å². The van der Waals surface area contributed by atoms with Gasteiger partial charge in [-0.3, -0.25) is 14.4 Å². The highest BCUT2D eigenvalue weighted by Gasteiger charge is 2.68. The molecule has 3 fully saturated rings. The summed E-state index contributed by atoms with van der Waals surface area (Å²) in [7, 11) is 0. The van der Waals surface area contributed by atoms with Crippen LogP contribution in [0.15, 0.2) is 23.3 Å². The fourth-order valence-electron chi connectivity index (χ4n) is 7.57. The first-order valence-corrected chi connectivity index (χ1v) is 10.5. The molecule has 3 saturated carbocycles. The lowest BCUT2D eigenvalue weighted by molar-refractivity contribution is -0.180. The Bertz CT molecular complexity index is 842. The predicted octanol–water partition coefficient (Wildman–Crippen LogP) is 1.37. The SMILES string of the molecule is C[C@H]1C[C@@H]2[C@H](C(O)C[C@@]3(C)[C@H]2CC[C@]3(O)C(=O)CO)[C@@]2(C)C=C(C=O)C(=O)C=C12. The highest BCUT2D eigenvalue weighted by molar-refractivity contribution is 6.18. The molecule has 3 N–H and O–H groups in total. The molecule has 0 saturated heterocycles. The number of rotatable bonds is 3. The summed E-state index contributed by atoms with van der Waals surface area (Å²) in [5.74, 6) is -0.905. The maximum absolute atomic E-state index is 12.5. The summed E-state index contributed by atoms with van der Waals surface area (Å²) in [6.45, 7) is 5.21. The van der Waals surface area contributed by atoms with Crippen LogP contribution in [0.1, 0.15) is 46.5 Å². The van der Waals surface area contributed by atoms with Crippen LogP contribution in [-0.2, 0) is 14.4 Å². The van der Waals surface area contributed by atoms with Gasteiger partial charge in [-0.15, -0.1) is 0 Å². The van der Waals surface area contributed by atoms with Gasteiger partial charge in [0, 0.05) is 16.7 Å². The van der Waals surface area contributed by atoms with Gasteiger partial charge in [0.25, 0.3) is 0 Å². The number of carbonyl (C=O) groups is 3. The van der Waals surface area contributed by atoms with Gasteiger partial charge in [-0.1, -0.05) is 32.4 Å². The molecule has 0 aromatic heterocycles. The number of carbonyl (C=O) groups excluding carboxylic acids is 3. The lowest BCUT2D eigenvalue weighted by Gasteiger charge is -2.60. The molecule has 0 aliphatic heterocycles. The van der Waals surface area contributed by atoms with Crippen molar-refractivity contribution in [1.29, 1.82) is 0 Å². The minimum atomic E-state index is -1.63. The second-order valence-corrected chi connectivity index (χ2v) is 10.1. The molecule has 29 heavy (non-hydrogen) atoms. The molecule has 0 spiro atoms. The first-order chi connectivity index (χ1) is 13.5. The number of aliphatic hydroxyl groups is 3. The molecule has 1 unspecified atom stereocenters. The summed E-state index contributed by atoms with van der Waals surface area (Å²) in [6, 6.07) is 0. The molecule has 4 aliphatic rings. The number of Topliss-reactive ketones (excluding diaryl/α,β-unsaturated/α-hetero) is 1. The number of allylic oxidation sites excluding steroid dienone is 4.